The third kappa shape index (κ3) is 3.46. The van der Waals surface area contributed by atoms with E-state index in [0.717, 1.165) is 22.8 Å². The van der Waals surface area contributed by atoms with E-state index < -0.39 is 5.82 Å². The number of halogens is 1. The molecule has 0 bridgehead atoms. The summed E-state index contributed by atoms with van der Waals surface area (Å²) in [6.07, 6.45) is 1.14. The quantitative estimate of drug-likeness (QED) is 0.684. The normalized spacial score (nSPS) is 12.9. The standard InChI is InChI=1S/C20H17FN2O2S/c21-16-6-2-4-8-18(16)25-12-19-22-15(13-26-19)11-20(24)23-10-9-14-5-1-3-7-17(14)23/h1-8,13H,9-12H2. The van der Waals surface area contributed by atoms with Crippen molar-refractivity contribution in [2.24, 2.45) is 0 Å². The maximum atomic E-state index is 13.6. The molecule has 1 amide bonds. The second-order valence-corrected chi connectivity index (χ2v) is 7.00. The van der Waals surface area contributed by atoms with Gasteiger partial charge in [0.15, 0.2) is 11.6 Å². The average Bonchev–Trinajstić information content (AvgIpc) is 3.28. The molecule has 3 aromatic rings. The van der Waals surface area contributed by atoms with Crippen LogP contribution in [0.1, 0.15) is 16.3 Å². The summed E-state index contributed by atoms with van der Waals surface area (Å²) in [6, 6.07) is 14.3. The summed E-state index contributed by atoms with van der Waals surface area (Å²) in [5.74, 6) is -0.150. The number of amides is 1. The van der Waals surface area contributed by atoms with Gasteiger partial charge in [-0.25, -0.2) is 9.37 Å². The summed E-state index contributed by atoms with van der Waals surface area (Å²) < 4.78 is 19.0. The van der Waals surface area contributed by atoms with Crippen molar-refractivity contribution in [1.29, 1.82) is 0 Å². The van der Waals surface area contributed by atoms with Crippen LogP contribution in [0.3, 0.4) is 0 Å². The Bertz CT molecular complexity index is 941. The summed E-state index contributed by atoms with van der Waals surface area (Å²) in [6.45, 7) is 0.901. The van der Waals surface area contributed by atoms with E-state index in [4.69, 9.17) is 4.74 Å². The Morgan fingerprint density at radius 1 is 1.19 bits per heavy atom. The highest BCUT2D eigenvalue weighted by Crippen LogP contribution is 2.28. The van der Waals surface area contributed by atoms with Crippen LogP contribution < -0.4 is 9.64 Å². The van der Waals surface area contributed by atoms with Crippen molar-refractivity contribution in [3.05, 3.63) is 76.0 Å². The molecule has 26 heavy (non-hydrogen) atoms. The van der Waals surface area contributed by atoms with Gasteiger partial charge in [0, 0.05) is 17.6 Å². The number of hydrogen-bond acceptors (Lipinski definition) is 4. The van der Waals surface area contributed by atoms with E-state index in [9.17, 15) is 9.18 Å². The smallest absolute Gasteiger partial charge is 0.233 e. The minimum Gasteiger partial charge on any atom is -0.483 e. The zero-order valence-corrected chi connectivity index (χ0v) is 14.8. The third-order valence-electron chi connectivity index (χ3n) is 4.31. The molecule has 1 aliphatic heterocycles. The first-order valence-corrected chi connectivity index (χ1v) is 9.27. The van der Waals surface area contributed by atoms with Gasteiger partial charge in [0.1, 0.15) is 11.6 Å². The van der Waals surface area contributed by atoms with Gasteiger partial charge in [-0.1, -0.05) is 30.3 Å². The number of anilines is 1. The Kier molecular flexibility index (Phi) is 4.67. The minimum atomic E-state index is -0.396. The predicted molar refractivity (Wildman–Crippen MR) is 99.0 cm³/mol. The Morgan fingerprint density at radius 3 is 2.88 bits per heavy atom. The summed E-state index contributed by atoms with van der Waals surface area (Å²) >= 11 is 1.42. The van der Waals surface area contributed by atoms with E-state index in [2.05, 4.69) is 11.1 Å². The number of hydrogen-bond donors (Lipinski definition) is 0. The molecule has 1 aliphatic rings. The van der Waals surface area contributed by atoms with Crippen molar-refractivity contribution >= 4 is 22.9 Å². The Balaban J connectivity index is 1.38. The molecule has 0 atom stereocenters. The van der Waals surface area contributed by atoms with E-state index in [-0.39, 0.29) is 24.7 Å². The molecule has 6 heteroatoms. The van der Waals surface area contributed by atoms with Crippen LogP contribution in [-0.2, 0) is 24.2 Å². The SMILES string of the molecule is O=C(Cc1csc(COc2ccccc2F)n1)N1CCc2ccccc21. The van der Waals surface area contributed by atoms with Crippen molar-refractivity contribution in [1.82, 2.24) is 4.98 Å². The first-order valence-electron chi connectivity index (χ1n) is 8.39. The Hall–Kier alpha value is -2.73. The Labute approximate surface area is 154 Å². The number of carbonyl (C=O) groups excluding carboxylic acids is 1. The number of fused-ring (bicyclic) bond motifs is 1. The van der Waals surface area contributed by atoms with Crippen LogP contribution in [0.25, 0.3) is 0 Å². The number of carbonyl (C=O) groups is 1. The molecule has 0 unspecified atom stereocenters. The van der Waals surface area contributed by atoms with Gasteiger partial charge in [-0.15, -0.1) is 11.3 Å². The topological polar surface area (TPSA) is 42.4 Å². The highest BCUT2D eigenvalue weighted by molar-refractivity contribution is 7.09. The molecule has 4 nitrogen and oxygen atoms in total. The fourth-order valence-corrected chi connectivity index (χ4v) is 3.75. The fraction of sp³-hybridized carbons (Fsp3) is 0.200. The lowest BCUT2D eigenvalue weighted by molar-refractivity contribution is -0.117. The van der Waals surface area contributed by atoms with E-state index >= 15 is 0 Å². The van der Waals surface area contributed by atoms with Gasteiger partial charge in [0.05, 0.1) is 12.1 Å². The molecular formula is C20H17FN2O2S. The molecule has 132 valence electrons. The molecule has 0 saturated carbocycles. The summed E-state index contributed by atoms with van der Waals surface area (Å²) in [5, 5.41) is 2.58. The van der Waals surface area contributed by atoms with Gasteiger partial charge in [-0.2, -0.15) is 0 Å². The number of thiazole rings is 1. The molecule has 4 rings (SSSR count). The van der Waals surface area contributed by atoms with Crippen LogP contribution >= 0.6 is 11.3 Å². The minimum absolute atomic E-state index is 0.0434. The summed E-state index contributed by atoms with van der Waals surface area (Å²) in [5.41, 5.74) is 2.92. The van der Waals surface area contributed by atoms with Crippen LogP contribution in [0.15, 0.2) is 53.9 Å². The van der Waals surface area contributed by atoms with E-state index in [1.807, 2.05) is 28.5 Å². The average molecular weight is 368 g/mol. The first kappa shape index (κ1) is 16.7. The maximum absolute atomic E-state index is 13.6. The molecule has 2 heterocycles. The molecule has 0 aliphatic carbocycles. The highest BCUT2D eigenvalue weighted by Gasteiger charge is 2.24. The van der Waals surface area contributed by atoms with Crippen molar-refractivity contribution in [2.45, 2.75) is 19.4 Å². The van der Waals surface area contributed by atoms with Gasteiger partial charge >= 0.3 is 0 Å². The number of aromatic nitrogens is 1. The lowest BCUT2D eigenvalue weighted by Crippen LogP contribution is -2.30. The van der Waals surface area contributed by atoms with Crippen LogP contribution in [0.4, 0.5) is 10.1 Å². The lowest BCUT2D eigenvalue weighted by Gasteiger charge is -2.16. The third-order valence-corrected chi connectivity index (χ3v) is 5.18. The van der Waals surface area contributed by atoms with E-state index in [1.54, 1.807) is 18.2 Å². The van der Waals surface area contributed by atoms with Crippen LogP contribution in [0, 0.1) is 5.82 Å². The number of ether oxygens (including phenoxy) is 1. The molecule has 0 radical (unpaired) electrons. The van der Waals surface area contributed by atoms with Crippen molar-refractivity contribution in [2.75, 3.05) is 11.4 Å². The number of rotatable bonds is 5. The maximum Gasteiger partial charge on any atom is 0.233 e. The lowest BCUT2D eigenvalue weighted by atomic mass is 10.2. The van der Waals surface area contributed by atoms with Crippen molar-refractivity contribution < 1.29 is 13.9 Å². The van der Waals surface area contributed by atoms with Crippen LogP contribution in [0.2, 0.25) is 0 Å². The first-order chi connectivity index (χ1) is 12.7. The molecule has 0 saturated heterocycles. The van der Waals surface area contributed by atoms with E-state index in [1.165, 1.54) is 23.0 Å². The van der Waals surface area contributed by atoms with E-state index in [0.29, 0.717) is 6.54 Å². The van der Waals surface area contributed by atoms with Gasteiger partial charge in [-0.05, 0) is 30.2 Å². The zero-order valence-electron chi connectivity index (χ0n) is 14.0. The van der Waals surface area contributed by atoms with Crippen LogP contribution in [-0.4, -0.2) is 17.4 Å². The largest absolute Gasteiger partial charge is 0.483 e. The van der Waals surface area contributed by atoms with Gasteiger partial charge in [0.25, 0.3) is 0 Å². The van der Waals surface area contributed by atoms with Crippen molar-refractivity contribution in [3.63, 3.8) is 0 Å². The summed E-state index contributed by atoms with van der Waals surface area (Å²) in [4.78, 5) is 18.9. The summed E-state index contributed by atoms with van der Waals surface area (Å²) in [7, 11) is 0. The monoisotopic (exact) mass is 368 g/mol. The molecule has 0 N–H and O–H groups in total. The number of benzene rings is 2. The molecule has 0 fully saturated rings. The highest BCUT2D eigenvalue weighted by atomic mass is 32.1. The van der Waals surface area contributed by atoms with Crippen LogP contribution in [0.5, 0.6) is 5.75 Å². The molecular weight excluding hydrogens is 351 g/mol. The number of para-hydroxylation sites is 2. The zero-order chi connectivity index (χ0) is 17.9. The second-order valence-electron chi connectivity index (χ2n) is 6.05. The van der Waals surface area contributed by atoms with Gasteiger partial charge < -0.3 is 9.64 Å². The molecule has 2 aromatic carbocycles. The van der Waals surface area contributed by atoms with Gasteiger partial charge in [-0.3, -0.25) is 4.79 Å². The van der Waals surface area contributed by atoms with Gasteiger partial charge in [0.2, 0.25) is 5.91 Å². The number of nitrogens with zero attached hydrogens (tertiary/aromatic N) is 2. The molecule has 0 spiro atoms. The molecule has 1 aromatic heterocycles. The second kappa shape index (κ2) is 7.25. The Morgan fingerprint density at radius 2 is 2.00 bits per heavy atom. The van der Waals surface area contributed by atoms with Crippen molar-refractivity contribution in [3.8, 4) is 5.75 Å². The predicted octanol–water partition coefficient (Wildman–Crippen LogP) is 3.99. The fourth-order valence-electron chi connectivity index (χ4n) is 3.05.